The molecule has 0 spiro atoms. The smallest absolute Gasteiger partial charge is 0.0900 e. The lowest BCUT2D eigenvalue weighted by atomic mass is 9.54. The van der Waals surface area contributed by atoms with Crippen molar-refractivity contribution >= 4 is 0 Å². The highest BCUT2D eigenvalue weighted by Gasteiger charge is 2.51. The van der Waals surface area contributed by atoms with E-state index in [4.69, 9.17) is 4.74 Å². The summed E-state index contributed by atoms with van der Waals surface area (Å²) in [6.45, 7) is 8.28. The molecule has 4 aliphatic carbocycles. The van der Waals surface area contributed by atoms with Crippen molar-refractivity contribution in [2.45, 2.75) is 70.5 Å². The zero-order valence-electron chi connectivity index (χ0n) is 15.0. The Morgan fingerprint density at radius 3 is 2.00 bits per heavy atom. The summed E-state index contributed by atoms with van der Waals surface area (Å²) in [5.41, 5.74) is 0.137. The number of nitrogens with zero attached hydrogens (tertiary/aromatic N) is 1. The molecule has 132 valence electrons. The van der Waals surface area contributed by atoms with Gasteiger partial charge in [-0.3, -0.25) is 0 Å². The molecule has 1 N–H and O–H groups in total. The number of aliphatic hydroxyl groups is 1. The Morgan fingerprint density at radius 1 is 0.957 bits per heavy atom. The molecule has 0 aromatic rings. The summed E-state index contributed by atoms with van der Waals surface area (Å²) in [6.07, 6.45) is 9.17. The number of piperidine rings is 1. The third-order valence-electron chi connectivity index (χ3n) is 6.98. The topological polar surface area (TPSA) is 32.7 Å². The fourth-order valence-electron chi connectivity index (χ4n) is 6.77. The van der Waals surface area contributed by atoms with Gasteiger partial charge in [0.25, 0.3) is 0 Å². The van der Waals surface area contributed by atoms with E-state index in [1.165, 1.54) is 44.9 Å². The first-order valence-corrected chi connectivity index (χ1v) is 10.0. The molecule has 5 rings (SSSR count). The second-order valence-electron chi connectivity index (χ2n) is 9.73. The Balaban J connectivity index is 1.27. The standard InChI is InChI=1S/C20H35NO2/c1-14-3-15(2)11-21(10-14)12-19(22)13-23-20-7-16-4-17(8-20)6-18(5-16)9-20/h14-19,22H,3-13H2,1-2H3/t14-,15+,16?,17?,18?,19-,20?/m0/s1. The van der Waals surface area contributed by atoms with Gasteiger partial charge in [-0.1, -0.05) is 13.8 Å². The fourth-order valence-corrected chi connectivity index (χ4v) is 6.77. The van der Waals surface area contributed by atoms with Crippen LogP contribution in [0.2, 0.25) is 0 Å². The molecule has 5 aliphatic rings. The van der Waals surface area contributed by atoms with E-state index >= 15 is 0 Å². The van der Waals surface area contributed by atoms with E-state index in [0.717, 1.165) is 49.2 Å². The van der Waals surface area contributed by atoms with E-state index in [-0.39, 0.29) is 11.7 Å². The van der Waals surface area contributed by atoms with Crippen molar-refractivity contribution < 1.29 is 9.84 Å². The lowest BCUT2D eigenvalue weighted by molar-refractivity contribution is -0.176. The van der Waals surface area contributed by atoms with Gasteiger partial charge in [-0.2, -0.15) is 0 Å². The quantitative estimate of drug-likeness (QED) is 0.843. The van der Waals surface area contributed by atoms with Crippen LogP contribution in [-0.4, -0.2) is 48.0 Å². The molecule has 4 saturated carbocycles. The summed E-state index contributed by atoms with van der Waals surface area (Å²) in [4.78, 5) is 2.45. The molecule has 1 aliphatic heterocycles. The maximum Gasteiger partial charge on any atom is 0.0900 e. The fraction of sp³-hybridized carbons (Fsp3) is 1.00. The van der Waals surface area contributed by atoms with Gasteiger partial charge in [-0.25, -0.2) is 0 Å². The summed E-state index contributed by atoms with van der Waals surface area (Å²) in [6, 6.07) is 0. The number of rotatable bonds is 5. The Labute approximate surface area is 141 Å². The van der Waals surface area contributed by atoms with Crippen molar-refractivity contribution in [1.82, 2.24) is 4.90 Å². The molecule has 3 atom stereocenters. The van der Waals surface area contributed by atoms with Crippen molar-refractivity contribution in [2.75, 3.05) is 26.2 Å². The second-order valence-corrected chi connectivity index (χ2v) is 9.73. The summed E-state index contributed by atoms with van der Waals surface area (Å²) >= 11 is 0. The molecule has 0 radical (unpaired) electrons. The molecule has 23 heavy (non-hydrogen) atoms. The van der Waals surface area contributed by atoms with Gasteiger partial charge in [0.05, 0.1) is 18.3 Å². The van der Waals surface area contributed by atoms with Gasteiger partial charge >= 0.3 is 0 Å². The molecule has 3 nitrogen and oxygen atoms in total. The van der Waals surface area contributed by atoms with Gasteiger partial charge in [-0.15, -0.1) is 0 Å². The molecule has 4 bridgehead atoms. The van der Waals surface area contributed by atoms with Crippen LogP contribution in [0.3, 0.4) is 0 Å². The number of hydrogen-bond donors (Lipinski definition) is 1. The summed E-state index contributed by atoms with van der Waals surface area (Å²) < 4.78 is 6.42. The largest absolute Gasteiger partial charge is 0.389 e. The van der Waals surface area contributed by atoms with Crippen molar-refractivity contribution in [3.05, 3.63) is 0 Å². The Bertz CT molecular complexity index is 379. The SMILES string of the molecule is C[C@@H]1C[C@H](C)CN(C[C@H](O)COC23CC4CC(CC(C4)C2)C3)C1. The number of β-amino-alcohol motifs (C(OH)–C–C–N with tert-alkyl or cyclic N) is 1. The van der Waals surface area contributed by atoms with Gasteiger partial charge < -0.3 is 14.7 Å². The van der Waals surface area contributed by atoms with Crippen molar-refractivity contribution in [1.29, 1.82) is 0 Å². The van der Waals surface area contributed by atoms with Gasteiger partial charge in [0, 0.05) is 19.6 Å². The highest BCUT2D eigenvalue weighted by atomic mass is 16.5. The van der Waals surface area contributed by atoms with Crippen LogP contribution in [0.5, 0.6) is 0 Å². The monoisotopic (exact) mass is 321 g/mol. The number of ether oxygens (including phenoxy) is 1. The average molecular weight is 322 g/mol. The number of aliphatic hydroxyl groups excluding tert-OH is 1. The molecule has 0 aromatic carbocycles. The first kappa shape index (κ1) is 16.4. The zero-order valence-corrected chi connectivity index (χ0v) is 15.0. The molecule has 3 heteroatoms. The van der Waals surface area contributed by atoms with E-state index in [0.29, 0.717) is 6.61 Å². The number of hydrogen-bond acceptors (Lipinski definition) is 3. The van der Waals surface area contributed by atoms with Gasteiger partial charge in [-0.05, 0) is 74.5 Å². The summed E-state index contributed by atoms with van der Waals surface area (Å²) in [5, 5.41) is 10.5. The minimum Gasteiger partial charge on any atom is -0.389 e. The second kappa shape index (κ2) is 6.31. The molecule has 5 fully saturated rings. The minimum atomic E-state index is -0.319. The summed E-state index contributed by atoms with van der Waals surface area (Å²) in [7, 11) is 0. The van der Waals surface area contributed by atoms with Crippen LogP contribution in [-0.2, 0) is 4.74 Å². The van der Waals surface area contributed by atoms with Crippen LogP contribution in [0.15, 0.2) is 0 Å². The molecule has 0 amide bonds. The van der Waals surface area contributed by atoms with Crippen LogP contribution in [0.1, 0.15) is 58.8 Å². The van der Waals surface area contributed by atoms with Gasteiger partial charge in [0.1, 0.15) is 0 Å². The maximum atomic E-state index is 10.5. The van der Waals surface area contributed by atoms with E-state index in [1.807, 2.05) is 0 Å². The molecular weight excluding hydrogens is 286 g/mol. The van der Waals surface area contributed by atoms with Crippen LogP contribution in [0.4, 0.5) is 0 Å². The lowest BCUT2D eigenvalue weighted by Crippen LogP contribution is -2.53. The van der Waals surface area contributed by atoms with Crippen LogP contribution >= 0.6 is 0 Å². The third kappa shape index (κ3) is 3.62. The Morgan fingerprint density at radius 2 is 1.48 bits per heavy atom. The predicted molar refractivity (Wildman–Crippen MR) is 92.2 cm³/mol. The Hall–Kier alpha value is -0.120. The lowest BCUT2D eigenvalue weighted by Gasteiger charge is -2.56. The van der Waals surface area contributed by atoms with E-state index < -0.39 is 0 Å². The highest BCUT2D eigenvalue weighted by molar-refractivity contribution is 5.03. The summed E-state index contributed by atoms with van der Waals surface area (Å²) in [5.74, 6) is 4.27. The van der Waals surface area contributed by atoms with E-state index in [1.54, 1.807) is 0 Å². The van der Waals surface area contributed by atoms with Crippen molar-refractivity contribution in [2.24, 2.45) is 29.6 Å². The highest BCUT2D eigenvalue weighted by Crippen LogP contribution is 2.57. The van der Waals surface area contributed by atoms with Crippen LogP contribution in [0.25, 0.3) is 0 Å². The molecule has 1 heterocycles. The third-order valence-corrected chi connectivity index (χ3v) is 6.98. The first-order chi connectivity index (χ1) is 11.0. The molecule has 0 aromatic heterocycles. The van der Waals surface area contributed by atoms with Gasteiger partial charge in [0.15, 0.2) is 0 Å². The molecule has 0 unspecified atom stereocenters. The van der Waals surface area contributed by atoms with Gasteiger partial charge in [0.2, 0.25) is 0 Å². The first-order valence-electron chi connectivity index (χ1n) is 10.0. The minimum absolute atomic E-state index is 0.137. The molecule has 1 saturated heterocycles. The predicted octanol–water partition coefficient (Wildman–Crippen LogP) is 3.31. The average Bonchev–Trinajstić information content (AvgIpc) is 2.42. The zero-order chi connectivity index (χ0) is 16.0. The van der Waals surface area contributed by atoms with Crippen molar-refractivity contribution in [3.8, 4) is 0 Å². The molecular formula is C20H35NO2. The number of likely N-dealkylation sites (tertiary alicyclic amines) is 1. The van der Waals surface area contributed by atoms with E-state index in [2.05, 4.69) is 18.7 Å². The van der Waals surface area contributed by atoms with Crippen LogP contribution < -0.4 is 0 Å². The normalized spacial score (nSPS) is 47.9. The van der Waals surface area contributed by atoms with Crippen LogP contribution in [0, 0.1) is 29.6 Å². The van der Waals surface area contributed by atoms with Crippen molar-refractivity contribution in [3.63, 3.8) is 0 Å². The maximum absolute atomic E-state index is 10.5. The Kier molecular flexibility index (Phi) is 4.49. The van der Waals surface area contributed by atoms with E-state index in [9.17, 15) is 5.11 Å².